The van der Waals surface area contributed by atoms with Gasteiger partial charge in [0.25, 0.3) is 0 Å². The molecule has 0 unspecified atom stereocenters. The van der Waals surface area contributed by atoms with Crippen LogP contribution >= 0.6 is 23.4 Å². The van der Waals surface area contributed by atoms with Crippen LogP contribution in [0.5, 0.6) is 0 Å². The number of ether oxygens (including phenoxy) is 1. The Morgan fingerprint density at radius 2 is 2.04 bits per heavy atom. The number of hydrogen-bond donors (Lipinski definition) is 0. The van der Waals surface area contributed by atoms with Gasteiger partial charge in [-0.2, -0.15) is 0 Å². The Morgan fingerprint density at radius 1 is 1.29 bits per heavy atom. The van der Waals surface area contributed by atoms with E-state index in [2.05, 4.69) is 10.2 Å². The molecule has 1 aromatic heterocycles. The fourth-order valence-corrected chi connectivity index (χ4v) is 4.10. The van der Waals surface area contributed by atoms with Crippen molar-refractivity contribution in [3.05, 3.63) is 29.3 Å². The van der Waals surface area contributed by atoms with Crippen LogP contribution in [-0.4, -0.2) is 57.0 Å². The van der Waals surface area contributed by atoms with Gasteiger partial charge < -0.3 is 14.2 Å². The highest BCUT2D eigenvalue weighted by Crippen LogP contribution is 2.25. The van der Waals surface area contributed by atoms with E-state index in [0.717, 1.165) is 18.4 Å². The average molecular weight is 423 g/mol. The van der Waals surface area contributed by atoms with Crippen LogP contribution in [0.3, 0.4) is 0 Å². The van der Waals surface area contributed by atoms with E-state index < -0.39 is 0 Å². The van der Waals surface area contributed by atoms with Gasteiger partial charge in [0.05, 0.1) is 18.3 Å². The van der Waals surface area contributed by atoms with Gasteiger partial charge in [-0.1, -0.05) is 23.4 Å². The van der Waals surface area contributed by atoms with Gasteiger partial charge in [0.1, 0.15) is 0 Å². The van der Waals surface area contributed by atoms with Crippen molar-refractivity contribution in [3.63, 3.8) is 0 Å². The highest BCUT2D eigenvalue weighted by Gasteiger charge is 2.29. The highest BCUT2D eigenvalue weighted by atomic mass is 35.5. The van der Waals surface area contributed by atoms with Gasteiger partial charge >= 0.3 is 5.97 Å². The van der Waals surface area contributed by atoms with Crippen molar-refractivity contribution in [3.8, 4) is 11.4 Å². The van der Waals surface area contributed by atoms with Crippen LogP contribution in [0.4, 0.5) is 0 Å². The summed E-state index contributed by atoms with van der Waals surface area (Å²) in [5.41, 5.74) is 0.908. The summed E-state index contributed by atoms with van der Waals surface area (Å²) in [5.74, 6) is 0.520. The zero-order valence-electron chi connectivity index (χ0n) is 15.9. The normalized spacial score (nSPS) is 16.8. The van der Waals surface area contributed by atoms with Crippen LogP contribution in [-0.2, 0) is 21.4 Å². The summed E-state index contributed by atoms with van der Waals surface area (Å²) in [5, 5.41) is 9.75. The summed E-state index contributed by atoms with van der Waals surface area (Å²) in [6.45, 7) is 3.25. The second-order valence-corrected chi connectivity index (χ2v) is 7.97. The van der Waals surface area contributed by atoms with Gasteiger partial charge in [0.15, 0.2) is 11.0 Å². The minimum absolute atomic E-state index is 0.00459. The molecule has 0 N–H and O–H groups in total. The maximum absolute atomic E-state index is 12.6. The number of aromatic nitrogens is 3. The molecule has 0 radical (unpaired) electrons. The third kappa shape index (κ3) is 4.86. The molecule has 0 bridgehead atoms. The zero-order chi connectivity index (χ0) is 20.1. The Morgan fingerprint density at radius 3 is 2.75 bits per heavy atom. The molecule has 1 atom stereocenters. The van der Waals surface area contributed by atoms with Crippen molar-refractivity contribution < 1.29 is 14.3 Å². The first-order valence-electron chi connectivity index (χ1n) is 9.22. The second-order valence-electron chi connectivity index (χ2n) is 6.59. The van der Waals surface area contributed by atoms with Crippen molar-refractivity contribution in [2.75, 3.05) is 25.4 Å². The average Bonchev–Trinajstić information content (AvgIpc) is 3.07. The molecule has 2 heterocycles. The number of carbonyl (C=O) groups is 2. The first-order chi connectivity index (χ1) is 13.5. The van der Waals surface area contributed by atoms with E-state index in [9.17, 15) is 9.59 Å². The van der Waals surface area contributed by atoms with Crippen LogP contribution in [0.25, 0.3) is 11.4 Å². The van der Waals surface area contributed by atoms with E-state index in [1.54, 1.807) is 24.0 Å². The number of carbonyl (C=O) groups excluding carboxylic acids is 2. The number of piperidine rings is 1. The summed E-state index contributed by atoms with van der Waals surface area (Å²) in [4.78, 5) is 26.3. The molecule has 9 heteroatoms. The van der Waals surface area contributed by atoms with Gasteiger partial charge in [-0.25, -0.2) is 0 Å². The summed E-state index contributed by atoms with van der Waals surface area (Å²) in [6.07, 6.45) is 1.58. The summed E-state index contributed by atoms with van der Waals surface area (Å²) in [7, 11) is 1.87. The van der Waals surface area contributed by atoms with E-state index in [0.29, 0.717) is 35.7 Å². The number of amides is 1. The SMILES string of the molecule is CCOC(=O)[C@H]1CCCN(C(=O)CSc2nnc(-c3ccc(Cl)cc3)n2C)C1. The van der Waals surface area contributed by atoms with Gasteiger partial charge in [0.2, 0.25) is 5.91 Å². The summed E-state index contributed by atoms with van der Waals surface area (Å²) >= 11 is 7.28. The van der Waals surface area contributed by atoms with Crippen LogP contribution in [0, 0.1) is 5.92 Å². The fourth-order valence-electron chi connectivity index (χ4n) is 3.16. The fraction of sp³-hybridized carbons (Fsp3) is 0.474. The zero-order valence-corrected chi connectivity index (χ0v) is 17.5. The molecule has 1 aromatic carbocycles. The number of benzene rings is 1. The number of thioether (sulfide) groups is 1. The van der Waals surface area contributed by atoms with Crippen molar-refractivity contribution >= 4 is 35.2 Å². The molecule has 1 amide bonds. The molecule has 3 rings (SSSR count). The van der Waals surface area contributed by atoms with E-state index in [1.165, 1.54) is 11.8 Å². The van der Waals surface area contributed by atoms with E-state index >= 15 is 0 Å². The molecule has 7 nitrogen and oxygen atoms in total. The summed E-state index contributed by atoms with van der Waals surface area (Å²) < 4.78 is 6.95. The lowest BCUT2D eigenvalue weighted by Crippen LogP contribution is -2.43. The van der Waals surface area contributed by atoms with Gasteiger partial charge in [-0.15, -0.1) is 10.2 Å². The maximum atomic E-state index is 12.6. The van der Waals surface area contributed by atoms with Crippen molar-refractivity contribution in [2.45, 2.75) is 24.9 Å². The van der Waals surface area contributed by atoms with E-state index in [-0.39, 0.29) is 23.5 Å². The Balaban J connectivity index is 1.59. The number of rotatable bonds is 6. The van der Waals surface area contributed by atoms with Gasteiger partial charge in [0, 0.05) is 30.7 Å². The molecule has 150 valence electrons. The lowest BCUT2D eigenvalue weighted by atomic mass is 9.98. The third-order valence-corrected chi connectivity index (χ3v) is 5.91. The van der Waals surface area contributed by atoms with Crippen molar-refractivity contribution in [1.82, 2.24) is 19.7 Å². The predicted molar refractivity (Wildman–Crippen MR) is 108 cm³/mol. The van der Waals surface area contributed by atoms with Crippen LogP contribution in [0.15, 0.2) is 29.4 Å². The number of esters is 1. The van der Waals surface area contributed by atoms with Crippen LogP contribution < -0.4 is 0 Å². The van der Waals surface area contributed by atoms with Gasteiger partial charge in [-0.3, -0.25) is 9.59 Å². The predicted octanol–water partition coefficient (Wildman–Crippen LogP) is 3.03. The quantitative estimate of drug-likeness (QED) is 0.526. The monoisotopic (exact) mass is 422 g/mol. The van der Waals surface area contributed by atoms with Crippen molar-refractivity contribution in [1.29, 1.82) is 0 Å². The Hall–Kier alpha value is -2.06. The molecule has 0 saturated carbocycles. The van der Waals surface area contributed by atoms with Crippen molar-refractivity contribution in [2.24, 2.45) is 13.0 Å². The van der Waals surface area contributed by atoms with E-state index in [4.69, 9.17) is 16.3 Å². The molecule has 0 aliphatic carbocycles. The topological polar surface area (TPSA) is 77.3 Å². The molecule has 28 heavy (non-hydrogen) atoms. The molecule has 1 aliphatic rings. The molecule has 1 aliphatic heterocycles. The Kier molecular flexibility index (Phi) is 6.96. The summed E-state index contributed by atoms with van der Waals surface area (Å²) in [6, 6.07) is 7.38. The number of halogens is 1. The lowest BCUT2D eigenvalue weighted by Gasteiger charge is -2.31. The third-order valence-electron chi connectivity index (χ3n) is 4.66. The molecule has 1 saturated heterocycles. The molecular weight excluding hydrogens is 400 g/mol. The van der Waals surface area contributed by atoms with E-state index in [1.807, 2.05) is 23.7 Å². The largest absolute Gasteiger partial charge is 0.466 e. The first-order valence-corrected chi connectivity index (χ1v) is 10.6. The standard InChI is InChI=1S/C19H23ClN4O3S/c1-3-27-18(26)14-5-4-10-24(11-14)16(25)12-28-19-22-21-17(23(19)2)13-6-8-15(20)9-7-13/h6-9,14H,3-5,10-12H2,1-2H3/t14-/m0/s1. The smallest absolute Gasteiger partial charge is 0.310 e. The lowest BCUT2D eigenvalue weighted by molar-refractivity contribution is -0.151. The Labute approximate surface area is 173 Å². The van der Waals surface area contributed by atoms with Gasteiger partial charge in [-0.05, 0) is 44.0 Å². The minimum atomic E-state index is -0.228. The Bertz CT molecular complexity index is 840. The maximum Gasteiger partial charge on any atom is 0.310 e. The number of nitrogens with zero attached hydrogens (tertiary/aromatic N) is 4. The molecule has 2 aromatic rings. The molecule has 1 fully saturated rings. The molecular formula is C19H23ClN4O3S. The van der Waals surface area contributed by atoms with Crippen LogP contribution in [0.2, 0.25) is 5.02 Å². The minimum Gasteiger partial charge on any atom is -0.466 e. The first kappa shape index (κ1) is 20.7. The molecule has 0 spiro atoms. The number of likely N-dealkylation sites (tertiary alicyclic amines) is 1. The number of hydrogen-bond acceptors (Lipinski definition) is 6. The second kappa shape index (κ2) is 9.43. The highest BCUT2D eigenvalue weighted by molar-refractivity contribution is 7.99. The van der Waals surface area contributed by atoms with Crippen LogP contribution in [0.1, 0.15) is 19.8 Å².